The topological polar surface area (TPSA) is 29.1 Å². The molecule has 0 aliphatic carbocycles. The van der Waals surface area contributed by atoms with Crippen LogP contribution in [0, 0.1) is 5.92 Å². The second-order valence-electron chi connectivity index (χ2n) is 4.82. The van der Waals surface area contributed by atoms with Crippen LogP contribution < -0.4 is 5.32 Å². The average molecular weight is 308 g/mol. The van der Waals surface area contributed by atoms with Crippen molar-refractivity contribution in [3.63, 3.8) is 0 Å². The number of rotatable bonds is 3. The number of carbonyl (C=O) groups is 1. The van der Waals surface area contributed by atoms with E-state index in [-0.39, 0.29) is 36.1 Å². The van der Waals surface area contributed by atoms with Gasteiger partial charge in [0.25, 0.3) is 0 Å². The SMILES string of the molecule is Cl.O=C(Cc1ccccc1C(F)(F)F)C1CCNCC1. The lowest BCUT2D eigenvalue weighted by atomic mass is 9.89. The highest BCUT2D eigenvalue weighted by atomic mass is 35.5. The van der Waals surface area contributed by atoms with Gasteiger partial charge in [0.15, 0.2) is 0 Å². The van der Waals surface area contributed by atoms with E-state index in [2.05, 4.69) is 5.32 Å². The molecule has 0 unspecified atom stereocenters. The van der Waals surface area contributed by atoms with E-state index in [4.69, 9.17) is 0 Å². The fourth-order valence-electron chi connectivity index (χ4n) is 2.43. The molecule has 0 amide bonds. The Kier molecular flexibility index (Phi) is 6.02. The standard InChI is InChI=1S/C14H16F3NO.ClH/c15-14(16,17)12-4-2-1-3-11(12)9-13(19)10-5-7-18-8-6-10;/h1-4,10,18H,5-9H2;1H. The Morgan fingerprint density at radius 3 is 2.40 bits per heavy atom. The van der Waals surface area contributed by atoms with Crippen molar-refractivity contribution in [2.45, 2.75) is 25.4 Å². The Morgan fingerprint density at radius 1 is 1.20 bits per heavy atom. The molecule has 1 aromatic carbocycles. The monoisotopic (exact) mass is 307 g/mol. The van der Waals surface area contributed by atoms with Gasteiger partial charge in [0.2, 0.25) is 0 Å². The number of alkyl halides is 3. The van der Waals surface area contributed by atoms with Crippen LogP contribution >= 0.6 is 12.4 Å². The summed E-state index contributed by atoms with van der Waals surface area (Å²) in [4.78, 5) is 12.1. The minimum Gasteiger partial charge on any atom is -0.317 e. The zero-order valence-electron chi connectivity index (χ0n) is 10.9. The molecule has 1 saturated heterocycles. The van der Waals surface area contributed by atoms with Crippen LogP contribution in [0.3, 0.4) is 0 Å². The largest absolute Gasteiger partial charge is 0.416 e. The summed E-state index contributed by atoms with van der Waals surface area (Å²) in [6.45, 7) is 1.52. The van der Waals surface area contributed by atoms with Gasteiger partial charge in [-0.05, 0) is 37.6 Å². The van der Waals surface area contributed by atoms with Crippen molar-refractivity contribution in [2.75, 3.05) is 13.1 Å². The summed E-state index contributed by atoms with van der Waals surface area (Å²) in [5.74, 6) is -0.194. The normalized spacial score (nSPS) is 16.6. The molecule has 2 nitrogen and oxygen atoms in total. The smallest absolute Gasteiger partial charge is 0.317 e. The Bertz CT molecular complexity index is 456. The lowest BCUT2D eigenvalue weighted by Crippen LogP contribution is -2.32. The predicted molar refractivity (Wildman–Crippen MR) is 73.0 cm³/mol. The predicted octanol–water partition coefficient (Wildman–Crippen LogP) is 3.24. The van der Waals surface area contributed by atoms with Gasteiger partial charge in [0.05, 0.1) is 5.56 Å². The number of ketones is 1. The van der Waals surface area contributed by atoms with Crippen LogP contribution in [0.1, 0.15) is 24.0 Å². The number of hydrogen-bond donors (Lipinski definition) is 1. The summed E-state index contributed by atoms with van der Waals surface area (Å²) in [6, 6.07) is 5.31. The van der Waals surface area contributed by atoms with Crippen LogP contribution in [0.2, 0.25) is 0 Å². The van der Waals surface area contributed by atoms with Crippen molar-refractivity contribution in [2.24, 2.45) is 5.92 Å². The average Bonchev–Trinajstić information content (AvgIpc) is 2.39. The van der Waals surface area contributed by atoms with Gasteiger partial charge < -0.3 is 5.32 Å². The van der Waals surface area contributed by atoms with Crippen molar-refractivity contribution >= 4 is 18.2 Å². The number of carbonyl (C=O) groups excluding carboxylic acids is 1. The first kappa shape index (κ1) is 17.0. The van der Waals surface area contributed by atoms with Crippen molar-refractivity contribution in [1.82, 2.24) is 5.32 Å². The van der Waals surface area contributed by atoms with Gasteiger partial charge in [0.1, 0.15) is 5.78 Å². The number of hydrogen-bond acceptors (Lipinski definition) is 2. The summed E-state index contributed by atoms with van der Waals surface area (Å²) in [5, 5.41) is 3.14. The molecule has 1 aliphatic heterocycles. The molecular weight excluding hydrogens is 291 g/mol. The number of Topliss-reactive ketones (excluding diaryl/α,β-unsaturated/α-hetero) is 1. The lowest BCUT2D eigenvalue weighted by Gasteiger charge is -2.22. The van der Waals surface area contributed by atoms with E-state index in [1.165, 1.54) is 12.1 Å². The first-order valence-electron chi connectivity index (χ1n) is 6.37. The van der Waals surface area contributed by atoms with Crippen molar-refractivity contribution < 1.29 is 18.0 Å². The maximum absolute atomic E-state index is 12.8. The molecule has 0 aromatic heterocycles. The molecule has 20 heavy (non-hydrogen) atoms. The zero-order valence-corrected chi connectivity index (χ0v) is 11.7. The highest BCUT2D eigenvalue weighted by Crippen LogP contribution is 2.32. The Hall–Kier alpha value is -1.07. The fraction of sp³-hybridized carbons (Fsp3) is 0.500. The molecule has 112 valence electrons. The quantitative estimate of drug-likeness (QED) is 0.929. The molecule has 0 saturated carbocycles. The summed E-state index contributed by atoms with van der Waals surface area (Å²) >= 11 is 0. The molecule has 1 N–H and O–H groups in total. The molecule has 2 rings (SSSR count). The van der Waals surface area contributed by atoms with E-state index < -0.39 is 11.7 Å². The number of piperidine rings is 1. The Balaban J connectivity index is 0.00000200. The molecule has 0 atom stereocenters. The highest BCUT2D eigenvalue weighted by molar-refractivity contribution is 5.85. The van der Waals surface area contributed by atoms with Crippen LogP contribution in [-0.2, 0) is 17.4 Å². The van der Waals surface area contributed by atoms with E-state index in [1.54, 1.807) is 6.07 Å². The zero-order chi connectivity index (χ0) is 13.9. The third-order valence-corrected chi connectivity index (χ3v) is 3.48. The van der Waals surface area contributed by atoms with Crippen LogP contribution in [0.15, 0.2) is 24.3 Å². The number of nitrogens with one attached hydrogen (secondary N) is 1. The van der Waals surface area contributed by atoms with E-state index in [9.17, 15) is 18.0 Å². The van der Waals surface area contributed by atoms with Gasteiger partial charge in [-0.1, -0.05) is 18.2 Å². The molecule has 1 fully saturated rings. The van der Waals surface area contributed by atoms with Crippen LogP contribution in [-0.4, -0.2) is 18.9 Å². The van der Waals surface area contributed by atoms with E-state index in [1.807, 2.05) is 0 Å². The summed E-state index contributed by atoms with van der Waals surface area (Å²) in [5.41, 5.74) is -0.615. The van der Waals surface area contributed by atoms with Gasteiger partial charge in [-0.2, -0.15) is 13.2 Å². The second-order valence-corrected chi connectivity index (χ2v) is 4.82. The van der Waals surface area contributed by atoms with Crippen molar-refractivity contribution in [3.8, 4) is 0 Å². The molecule has 1 heterocycles. The minimum atomic E-state index is -4.40. The number of halogens is 4. The second kappa shape index (κ2) is 7.09. The first-order valence-corrected chi connectivity index (χ1v) is 6.37. The molecule has 0 bridgehead atoms. The third kappa shape index (κ3) is 4.21. The van der Waals surface area contributed by atoms with Gasteiger partial charge >= 0.3 is 6.18 Å². The van der Waals surface area contributed by atoms with Gasteiger partial charge in [0, 0.05) is 12.3 Å². The lowest BCUT2D eigenvalue weighted by molar-refractivity contribution is -0.138. The molecule has 0 radical (unpaired) electrons. The minimum absolute atomic E-state index is 0. The van der Waals surface area contributed by atoms with E-state index in [0.717, 1.165) is 19.2 Å². The van der Waals surface area contributed by atoms with Crippen LogP contribution in [0.5, 0.6) is 0 Å². The molecule has 6 heteroatoms. The number of benzene rings is 1. The maximum Gasteiger partial charge on any atom is 0.416 e. The van der Waals surface area contributed by atoms with Gasteiger partial charge in [-0.3, -0.25) is 4.79 Å². The van der Waals surface area contributed by atoms with Gasteiger partial charge in [-0.25, -0.2) is 0 Å². The maximum atomic E-state index is 12.8. The first-order chi connectivity index (χ1) is 8.98. The third-order valence-electron chi connectivity index (χ3n) is 3.48. The molecule has 1 aliphatic rings. The van der Waals surface area contributed by atoms with Crippen molar-refractivity contribution in [1.29, 1.82) is 0 Å². The van der Waals surface area contributed by atoms with Crippen molar-refractivity contribution in [3.05, 3.63) is 35.4 Å². The highest BCUT2D eigenvalue weighted by Gasteiger charge is 2.33. The van der Waals surface area contributed by atoms with Crippen LogP contribution in [0.4, 0.5) is 13.2 Å². The summed E-state index contributed by atoms with van der Waals surface area (Å²) in [6.07, 6.45) is -3.09. The van der Waals surface area contributed by atoms with Crippen LogP contribution in [0.25, 0.3) is 0 Å². The summed E-state index contributed by atoms with van der Waals surface area (Å²) in [7, 11) is 0. The molecular formula is C14H17ClF3NO. The van der Waals surface area contributed by atoms with E-state index in [0.29, 0.717) is 12.8 Å². The Morgan fingerprint density at radius 2 is 1.80 bits per heavy atom. The van der Waals surface area contributed by atoms with E-state index >= 15 is 0 Å². The Labute approximate surface area is 122 Å². The molecule has 1 aromatic rings. The molecule has 0 spiro atoms. The summed E-state index contributed by atoms with van der Waals surface area (Å²) < 4.78 is 38.5. The van der Waals surface area contributed by atoms with Gasteiger partial charge in [-0.15, -0.1) is 12.4 Å². The fourth-order valence-corrected chi connectivity index (χ4v) is 2.43.